The van der Waals surface area contributed by atoms with Crippen LogP contribution in [0.25, 0.3) is 0 Å². The van der Waals surface area contributed by atoms with E-state index in [0.29, 0.717) is 24.8 Å². The largest absolute Gasteiger partial charge is 0.396 e. The van der Waals surface area contributed by atoms with Gasteiger partial charge < -0.3 is 15.2 Å². The lowest BCUT2D eigenvalue weighted by Crippen LogP contribution is -2.31. The van der Waals surface area contributed by atoms with Gasteiger partial charge in [0.2, 0.25) is 5.91 Å². The Morgan fingerprint density at radius 1 is 1.56 bits per heavy atom. The molecule has 1 atom stereocenters. The maximum absolute atomic E-state index is 11.4. The Balaban J connectivity index is 3.47. The highest BCUT2D eigenvalue weighted by Crippen LogP contribution is 2.06. The van der Waals surface area contributed by atoms with E-state index in [4.69, 9.17) is 9.84 Å². The van der Waals surface area contributed by atoms with Crippen molar-refractivity contribution in [1.29, 1.82) is 0 Å². The summed E-state index contributed by atoms with van der Waals surface area (Å²) in [4.78, 5) is 11.4. The van der Waals surface area contributed by atoms with Gasteiger partial charge in [-0.2, -0.15) is 0 Å². The van der Waals surface area contributed by atoms with Gasteiger partial charge in [-0.25, -0.2) is 0 Å². The first-order chi connectivity index (χ1) is 7.74. The van der Waals surface area contributed by atoms with Gasteiger partial charge in [-0.1, -0.05) is 13.3 Å². The van der Waals surface area contributed by atoms with Crippen LogP contribution in [0.2, 0.25) is 0 Å². The maximum Gasteiger partial charge on any atom is 0.230 e. The average molecular weight is 249 g/mol. The van der Waals surface area contributed by atoms with Gasteiger partial charge in [-0.05, 0) is 12.3 Å². The Kier molecular flexibility index (Phi) is 11.0. The molecule has 16 heavy (non-hydrogen) atoms. The molecule has 0 saturated heterocycles. The van der Waals surface area contributed by atoms with Crippen molar-refractivity contribution >= 4 is 17.7 Å². The van der Waals surface area contributed by atoms with Crippen molar-refractivity contribution in [2.75, 3.05) is 38.4 Å². The first kappa shape index (κ1) is 15.7. The van der Waals surface area contributed by atoms with E-state index in [2.05, 4.69) is 12.2 Å². The van der Waals surface area contributed by atoms with Crippen LogP contribution in [0.1, 0.15) is 19.8 Å². The second-order valence-electron chi connectivity index (χ2n) is 3.64. The van der Waals surface area contributed by atoms with E-state index in [0.717, 1.165) is 18.6 Å². The molecule has 1 amide bonds. The van der Waals surface area contributed by atoms with Crippen molar-refractivity contribution in [2.45, 2.75) is 19.8 Å². The van der Waals surface area contributed by atoms with Gasteiger partial charge in [-0.3, -0.25) is 4.79 Å². The third kappa shape index (κ3) is 9.00. The number of carbonyl (C=O) groups is 1. The number of carbonyl (C=O) groups excluding carboxylic acids is 1. The minimum Gasteiger partial charge on any atom is -0.396 e. The summed E-state index contributed by atoms with van der Waals surface area (Å²) in [6.07, 6.45) is 1.74. The van der Waals surface area contributed by atoms with E-state index in [1.54, 1.807) is 18.9 Å². The number of hydrogen-bond donors (Lipinski definition) is 2. The SMILES string of the molecule is CCC(CCO)CNC(=O)CSCCOC. The second-order valence-corrected chi connectivity index (χ2v) is 4.74. The lowest BCUT2D eigenvalue weighted by molar-refractivity contribution is -0.118. The van der Waals surface area contributed by atoms with E-state index >= 15 is 0 Å². The van der Waals surface area contributed by atoms with E-state index in [1.165, 1.54) is 0 Å². The summed E-state index contributed by atoms with van der Waals surface area (Å²) >= 11 is 1.57. The summed E-state index contributed by atoms with van der Waals surface area (Å²) in [5, 5.41) is 11.7. The summed E-state index contributed by atoms with van der Waals surface area (Å²) in [5.41, 5.74) is 0. The molecule has 0 heterocycles. The zero-order valence-corrected chi connectivity index (χ0v) is 11.0. The molecule has 2 N–H and O–H groups in total. The highest BCUT2D eigenvalue weighted by Gasteiger charge is 2.07. The molecule has 0 spiro atoms. The molecule has 96 valence electrons. The highest BCUT2D eigenvalue weighted by molar-refractivity contribution is 7.99. The lowest BCUT2D eigenvalue weighted by atomic mass is 10.0. The predicted molar refractivity (Wildman–Crippen MR) is 67.7 cm³/mol. The van der Waals surface area contributed by atoms with Crippen LogP contribution in [0.4, 0.5) is 0 Å². The van der Waals surface area contributed by atoms with Crippen molar-refractivity contribution < 1.29 is 14.6 Å². The van der Waals surface area contributed by atoms with Crippen LogP contribution in [0.3, 0.4) is 0 Å². The van der Waals surface area contributed by atoms with Gasteiger partial charge in [0.25, 0.3) is 0 Å². The third-order valence-electron chi connectivity index (χ3n) is 2.37. The van der Waals surface area contributed by atoms with Crippen molar-refractivity contribution in [3.8, 4) is 0 Å². The highest BCUT2D eigenvalue weighted by atomic mass is 32.2. The molecule has 0 saturated carbocycles. The molecule has 0 aromatic heterocycles. The van der Waals surface area contributed by atoms with Crippen molar-refractivity contribution in [2.24, 2.45) is 5.92 Å². The Hall–Kier alpha value is -0.260. The fourth-order valence-corrected chi connectivity index (χ4v) is 1.97. The molecule has 1 unspecified atom stereocenters. The van der Waals surface area contributed by atoms with Gasteiger partial charge in [0, 0.05) is 26.0 Å². The molecular weight excluding hydrogens is 226 g/mol. The normalized spacial score (nSPS) is 12.4. The number of amides is 1. The quantitative estimate of drug-likeness (QED) is 0.565. The zero-order chi connectivity index (χ0) is 12.2. The predicted octanol–water partition coefficient (Wildman–Crippen LogP) is 0.891. The van der Waals surface area contributed by atoms with Gasteiger partial charge in [0.1, 0.15) is 0 Å². The number of ether oxygens (including phenoxy) is 1. The van der Waals surface area contributed by atoms with Gasteiger partial charge >= 0.3 is 0 Å². The number of hydrogen-bond acceptors (Lipinski definition) is 4. The fraction of sp³-hybridized carbons (Fsp3) is 0.909. The van der Waals surface area contributed by atoms with Crippen LogP contribution >= 0.6 is 11.8 Å². The molecule has 0 aliphatic rings. The van der Waals surface area contributed by atoms with Gasteiger partial charge in [0.05, 0.1) is 12.4 Å². The number of aliphatic hydroxyl groups is 1. The standard InChI is InChI=1S/C11H23NO3S/c1-3-10(4-5-13)8-12-11(14)9-16-7-6-15-2/h10,13H,3-9H2,1-2H3,(H,12,14). The summed E-state index contributed by atoms with van der Waals surface area (Å²) in [5.74, 6) is 1.78. The summed E-state index contributed by atoms with van der Waals surface area (Å²) in [7, 11) is 1.65. The van der Waals surface area contributed by atoms with E-state index in [9.17, 15) is 4.79 Å². The third-order valence-corrected chi connectivity index (χ3v) is 3.29. The number of methoxy groups -OCH3 is 1. The Morgan fingerprint density at radius 2 is 2.31 bits per heavy atom. The molecule has 0 aliphatic heterocycles. The molecule has 0 aromatic rings. The maximum atomic E-state index is 11.4. The van der Waals surface area contributed by atoms with Crippen LogP contribution in [0.5, 0.6) is 0 Å². The molecule has 5 heteroatoms. The fourth-order valence-electron chi connectivity index (χ4n) is 1.25. The zero-order valence-electron chi connectivity index (χ0n) is 10.2. The Bertz CT molecular complexity index is 179. The van der Waals surface area contributed by atoms with E-state index in [1.807, 2.05) is 0 Å². The molecule has 0 fully saturated rings. The van der Waals surface area contributed by atoms with Crippen LogP contribution in [-0.2, 0) is 9.53 Å². The van der Waals surface area contributed by atoms with Gasteiger partial charge in [-0.15, -0.1) is 11.8 Å². The molecule has 0 radical (unpaired) electrons. The molecular formula is C11H23NO3S. The minimum atomic E-state index is 0.0671. The number of rotatable bonds is 10. The summed E-state index contributed by atoms with van der Waals surface area (Å²) < 4.78 is 4.89. The number of thioether (sulfide) groups is 1. The minimum absolute atomic E-state index is 0.0671. The first-order valence-corrected chi connectivity index (χ1v) is 6.84. The monoisotopic (exact) mass is 249 g/mol. The Morgan fingerprint density at radius 3 is 2.88 bits per heavy atom. The molecule has 0 bridgehead atoms. The van der Waals surface area contributed by atoms with Crippen LogP contribution < -0.4 is 5.32 Å². The average Bonchev–Trinajstić information content (AvgIpc) is 2.30. The van der Waals surface area contributed by atoms with E-state index < -0.39 is 0 Å². The molecule has 0 aromatic carbocycles. The van der Waals surface area contributed by atoms with Gasteiger partial charge in [0.15, 0.2) is 0 Å². The first-order valence-electron chi connectivity index (χ1n) is 5.68. The summed E-state index contributed by atoms with van der Waals surface area (Å²) in [6.45, 7) is 3.61. The topological polar surface area (TPSA) is 58.6 Å². The summed E-state index contributed by atoms with van der Waals surface area (Å²) in [6, 6.07) is 0. The van der Waals surface area contributed by atoms with Crippen LogP contribution in [-0.4, -0.2) is 49.4 Å². The van der Waals surface area contributed by atoms with Crippen molar-refractivity contribution in [1.82, 2.24) is 5.32 Å². The van der Waals surface area contributed by atoms with E-state index in [-0.39, 0.29) is 12.5 Å². The number of aliphatic hydroxyl groups excluding tert-OH is 1. The molecule has 0 rings (SSSR count). The van der Waals surface area contributed by atoms with Crippen LogP contribution in [0, 0.1) is 5.92 Å². The Labute approximate surface area is 102 Å². The van der Waals surface area contributed by atoms with Crippen molar-refractivity contribution in [3.05, 3.63) is 0 Å². The van der Waals surface area contributed by atoms with Crippen LogP contribution in [0.15, 0.2) is 0 Å². The van der Waals surface area contributed by atoms with Crippen molar-refractivity contribution in [3.63, 3.8) is 0 Å². The molecule has 4 nitrogen and oxygen atoms in total. The smallest absolute Gasteiger partial charge is 0.230 e. The molecule has 0 aliphatic carbocycles. The second kappa shape index (κ2) is 11.2. The lowest BCUT2D eigenvalue weighted by Gasteiger charge is -2.14. The number of nitrogens with one attached hydrogen (secondary N) is 1.